The highest BCUT2D eigenvalue weighted by Crippen LogP contribution is 2.40. The Labute approximate surface area is 123 Å². The molecule has 2 aromatic rings. The van der Waals surface area contributed by atoms with Crippen LogP contribution in [0.5, 0.6) is 11.5 Å². The quantitative estimate of drug-likeness (QED) is 0.501. The van der Waals surface area contributed by atoms with Gasteiger partial charge in [-0.05, 0) is 24.3 Å². The molecule has 0 bridgehead atoms. The molecule has 0 amide bonds. The lowest BCUT2D eigenvalue weighted by molar-refractivity contribution is -0.143. The van der Waals surface area contributed by atoms with Gasteiger partial charge >= 0.3 is 6.18 Å². The molecule has 9 heteroatoms. The predicted octanol–water partition coefficient (Wildman–Crippen LogP) is 5.71. The average molecular weight is 345 g/mol. The van der Waals surface area contributed by atoms with E-state index >= 15 is 0 Å². The van der Waals surface area contributed by atoms with Gasteiger partial charge in [-0.3, -0.25) is 0 Å². The lowest BCUT2D eigenvalue weighted by Gasteiger charge is -2.14. The van der Waals surface area contributed by atoms with Crippen molar-refractivity contribution in [2.45, 2.75) is 6.18 Å². The number of hydrogen-bond acceptors (Lipinski definition) is 1. The largest absolute Gasteiger partial charge is 0.451 e. The van der Waals surface area contributed by atoms with Crippen LogP contribution in [0.1, 0.15) is 5.56 Å². The third kappa shape index (κ3) is 2.96. The van der Waals surface area contributed by atoms with Crippen LogP contribution >= 0.6 is 11.6 Å². The Balaban J connectivity index is 2.56. The van der Waals surface area contributed by atoms with E-state index in [2.05, 4.69) is 4.74 Å². The van der Waals surface area contributed by atoms with E-state index in [9.17, 15) is 30.7 Å². The highest BCUT2D eigenvalue weighted by Gasteiger charge is 2.42. The molecule has 0 unspecified atom stereocenters. The number of halogens is 8. The van der Waals surface area contributed by atoms with Crippen molar-refractivity contribution in [3.8, 4) is 11.5 Å². The summed E-state index contributed by atoms with van der Waals surface area (Å²) in [6.45, 7) is 0. The Morgan fingerprint density at radius 2 is 1.23 bits per heavy atom. The normalized spacial score (nSPS) is 11.6. The van der Waals surface area contributed by atoms with Crippen molar-refractivity contribution >= 4 is 11.6 Å². The number of ether oxygens (including phenoxy) is 1. The molecular formula is C13H4ClF7O. The summed E-state index contributed by atoms with van der Waals surface area (Å²) >= 11 is 5.55. The Kier molecular flexibility index (Phi) is 4.23. The zero-order chi connectivity index (χ0) is 16.7. The molecule has 0 aliphatic carbocycles. The van der Waals surface area contributed by atoms with Crippen molar-refractivity contribution in [3.63, 3.8) is 0 Å². The van der Waals surface area contributed by atoms with Gasteiger partial charge in [0.15, 0.2) is 11.6 Å². The van der Waals surface area contributed by atoms with E-state index in [1.54, 1.807) is 0 Å². The number of rotatable bonds is 2. The SMILES string of the molecule is Fc1c(F)c(C(F)(F)F)c(F)c(F)c1Oc1ccc(Cl)cc1. The highest BCUT2D eigenvalue weighted by atomic mass is 35.5. The van der Waals surface area contributed by atoms with Crippen molar-refractivity contribution in [1.29, 1.82) is 0 Å². The first-order valence-electron chi connectivity index (χ1n) is 5.49. The summed E-state index contributed by atoms with van der Waals surface area (Å²) in [7, 11) is 0. The minimum atomic E-state index is -5.60. The van der Waals surface area contributed by atoms with E-state index in [0.717, 1.165) is 12.1 Å². The van der Waals surface area contributed by atoms with Crippen molar-refractivity contribution < 1.29 is 35.5 Å². The first kappa shape index (κ1) is 16.4. The molecule has 0 aliphatic rings. The van der Waals surface area contributed by atoms with Gasteiger partial charge in [0.05, 0.1) is 0 Å². The van der Waals surface area contributed by atoms with Crippen LogP contribution in [-0.4, -0.2) is 0 Å². The second-order valence-corrected chi connectivity index (χ2v) is 4.45. The summed E-state index contributed by atoms with van der Waals surface area (Å²) in [5, 5.41) is 0.234. The lowest BCUT2D eigenvalue weighted by Crippen LogP contribution is -2.15. The molecule has 0 aliphatic heterocycles. The summed E-state index contributed by atoms with van der Waals surface area (Å²) in [6.07, 6.45) is -5.60. The number of benzene rings is 2. The molecule has 2 rings (SSSR count). The third-order valence-corrected chi connectivity index (χ3v) is 2.79. The van der Waals surface area contributed by atoms with Crippen LogP contribution in [0.25, 0.3) is 0 Å². The van der Waals surface area contributed by atoms with Crippen LogP contribution in [0.3, 0.4) is 0 Å². The first-order valence-corrected chi connectivity index (χ1v) is 5.87. The molecular weight excluding hydrogens is 341 g/mol. The van der Waals surface area contributed by atoms with Gasteiger partial charge < -0.3 is 4.74 Å². The molecule has 0 fully saturated rings. The van der Waals surface area contributed by atoms with Crippen molar-refractivity contribution in [1.82, 2.24) is 0 Å². The molecule has 118 valence electrons. The first-order chi connectivity index (χ1) is 10.1. The fraction of sp³-hybridized carbons (Fsp3) is 0.0769. The van der Waals surface area contributed by atoms with Crippen molar-refractivity contribution in [3.05, 3.63) is 58.1 Å². The molecule has 0 saturated carbocycles. The molecule has 0 radical (unpaired) electrons. The summed E-state index contributed by atoms with van der Waals surface area (Å²) in [5.74, 6) is -11.7. The smallest absolute Gasteiger partial charge is 0.422 e. The average Bonchev–Trinajstić information content (AvgIpc) is 2.42. The summed E-state index contributed by atoms with van der Waals surface area (Å²) in [5.41, 5.74) is -2.66. The minimum absolute atomic E-state index is 0.234. The fourth-order valence-electron chi connectivity index (χ4n) is 1.57. The van der Waals surface area contributed by atoms with E-state index in [-0.39, 0.29) is 10.8 Å². The minimum Gasteiger partial charge on any atom is -0.451 e. The molecule has 1 nitrogen and oxygen atoms in total. The maximum absolute atomic E-state index is 13.6. The van der Waals surface area contributed by atoms with Gasteiger partial charge in [0.25, 0.3) is 0 Å². The zero-order valence-electron chi connectivity index (χ0n) is 10.2. The van der Waals surface area contributed by atoms with E-state index in [1.807, 2.05) is 0 Å². The highest BCUT2D eigenvalue weighted by molar-refractivity contribution is 6.30. The standard InChI is InChI=1S/C13H4ClF7O/c14-5-1-3-6(4-2-5)22-12-10(17)8(15)7(13(19,20)21)9(16)11(12)18/h1-4H. The van der Waals surface area contributed by atoms with E-state index in [4.69, 9.17) is 11.6 Å². The monoisotopic (exact) mass is 344 g/mol. The van der Waals surface area contributed by atoms with Crippen LogP contribution in [0.4, 0.5) is 30.7 Å². The van der Waals surface area contributed by atoms with Gasteiger partial charge in [-0.15, -0.1) is 0 Å². The summed E-state index contributed by atoms with van der Waals surface area (Å²) in [6, 6.07) is 4.69. The van der Waals surface area contributed by atoms with Gasteiger partial charge in [0.2, 0.25) is 17.4 Å². The van der Waals surface area contributed by atoms with Crippen LogP contribution in [0.15, 0.2) is 24.3 Å². The van der Waals surface area contributed by atoms with Crippen molar-refractivity contribution in [2.75, 3.05) is 0 Å². The molecule has 22 heavy (non-hydrogen) atoms. The Morgan fingerprint density at radius 1 is 0.773 bits per heavy atom. The summed E-state index contributed by atoms with van der Waals surface area (Å²) in [4.78, 5) is 0. The van der Waals surface area contributed by atoms with Crippen LogP contribution in [0.2, 0.25) is 5.02 Å². The third-order valence-electron chi connectivity index (χ3n) is 2.54. The lowest BCUT2D eigenvalue weighted by atomic mass is 10.1. The van der Waals surface area contributed by atoms with Crippen molar-refractivity contribution in [2.24, 2.45) is 0 Å². The van der Waals surface area contributed by atoms with Gasteiger partial charge in [-0.25, -0.2) is 8.78 Å². The number of alkyl halides is 3. The zero-order valence-corrected chi connectivity index (χ0v) is 11.0. The predicted molar refractivity (Wildman–Crippen MR) is 62.8 cm³/mol. The van der Waals surface area contributed by atoms with Crippen LogP contribution in [0, 0.1) is 23.3 Å². The molecule has 0 atom stereocenters. The molecule has 0 saturated heterocycles. The Bertz CT molecular complexity index is 681. The second-order valence-electron chi connectivity index (χ2n) is 4.01. The second kappa shape index (κ2) is 5.68. The fourth-order valence-corrected chi connectivity index (χ4v) is 1.70. The molecule has 0 spiro atoms. The van der Waals surface area contributed by atoms with E-state index in [0.29, 0.717) is 0 Å². The van der Waals surface area contributed by atoms with Crippen LogP contribution < -0.4 is 4.74 Å². The van der Waals surface area contributed by atoms with Gasteiger partial charge in [-0.1, -0.05) is 11.6 Å². The maximum atomic E-state index is 13.6. The molecule has 0 heterocycles. The molecule has 2 aromatic carbocycles. The molecule has 0 N–H and O–H groups in total. The maximum Gasteiger partial charge on any atom is 0.422 e. The van der Waals surface area contributed by atoms with E-state index in [1.165, 1.54) is 12.1 Å². The number of hydrogen-bond donors (Lipinski definition) is 0. The summed E-state index contributed by atoms with van der Waals surface area (Å²) < 4.78 is 95.6. The van der Waals surface area contributed by atoms with Gasteiger partial charge in [0.1, 0.15) is 11.3 Å². The Morgan fingerprint density at radius 3 is 1.64 bits per heavy atom. The van der Waals surface area contributed by atoms with Gasteiger partial charge in [-0.2, -0.15) is 22.0 Å². The van der Waals surface area contributed by atoms with E-state index < -0.39 is 40.8 Å². The topological polar surface area (TPSA) is 9.23 Å². The van der Waals surface area contributed by atoms with Gasteiger partial charge in [0, 0.05) is 5.02 Å². The van der Waals surface area contributed by atoms with Crippen LogP contribution in [-0.2, 0) is 6.18 Å². The Hall–Kier alpha value is -1.96. The molecule has 0 aromatic heterocycles.